The molecule has 17 heteroatoms. The minimum absolute atomic E-state index is 0.00872. The predicted molar refractivity (Wildman–Crippen MR) is 239 cm³/mol. The summed E-state index contributed by atoms with van der Waals surface area (Å²) in [4.78, 5) is 24.2. The summed E-state index contributed by atoms with van der Waals surface area (Å²) in [7, 11) is 0. The van der Waals surface area contributed by atoms with Gasteiger partial charge in [-0.15, -0.1) is 11.3 Å². The minimum atomic E-state index is -4.79. The molecule has 0 aliphatic carbocycles. The van der Waals surface area contributed by atoms with E-state index in [4.69, 9.17) is 31.2 Å². The number of aromatic nitrogens is 1. The number of thiazole rings is 1. The quantitative estimate of drug-likeness (QED) is 0.0753. The maximum atomic E-state index is 13.7. The highest BCUT2D eigenvalue weighted by atomic mass is 32.1. The molecule has 3 aromatic carbocycles. The summed E-state index contributed by atoms with van der Waals surface area (Å²) in [6.45, 7) is 14.3. The number of hydrogen-bond donors (Lipinski definition) is 2. The maximum Gasteiger partial charge on any atom is 0.417 e. The largest absolute Gasteiger partial charge is 0.491 e. The van der Waals surface area contributed by atoms with Gasteiger partial charge >= 0.3 is 6.18 Å². The standard InChI is InChI=1S/C46H53F3N6O6S2/c1-28(2)37-26-53-25-35(56)22-39(53)41(37)51-24-32-7-6-30(42-29(3)52-27-63-42)20-40(32)61-19-17-59-15-14-58-16-18-60-36-12-10-33(11-13-36)55-44(62)54(43(57)45(55,4)5)34-9-8-31(23-50)38(21-34)46(47,48)49/h6-13,20-21,27-28,35,37,39,41,51,56H,14-19,22,24-26H2,1-5H3/t35-,37?,39+,41?/m1/s1. The second kappa shape index (κ2) is 19.6. The van der Waals surface area contributed by atoms with Crippen LogP contribution in [0.25, 0.3) is 10.4 Å². The second-order valence-electron chi connectivity index (χ2n) is 16.9. The van der Waals surface area contributed by atoms with Gasteiger partial charge in [0.1, 0.15) is 30.3 Å². The maximum absolute atomic E-state index is 13.7. The lowest BCUT2D eigenvalue weighted by molar-refractivity contribution is -0.137. The molecule has 0 bridgehead atoms. The lowest BCUT2D eigenvalue weighted by atomic mass is 9.87. The van der Waals surface area contributed by atoms with Crippen LogP contribution in [0, 0.1) is 30.1 Å². The van der Waals surface area contributed by atoms with E-state index in [1.807, 2.05) is 12.4 Å². The molecule has 2 N–H and O–H groups in total. The third kappa shape index (κ3) is 10.2. The Balaban J connectivity index is 0.854. The van der Waals surface area contributed by atoms with Crippen molar-refractivity contribution in [3.8, 4) is 28.0 Å². The van der Waals surface area contributed by atoms with Gasteiger partial charge in [-0.05, 0) is 105 Å². The number of aryl methyl sites for hydroxylation is 1. The van der Waals surface area contributed by atoms with Gasteiger partial charge in [0.2, 0.25) is 0 Å². The summed E-state index contributed by atoms with van der Waals surface area (Å²) in [5, 5.41) is 23.4. The summed E-state index contributed by atoms with van der Waals surface area (Å²) in [5.74, 6) is 1.87. The Morgan fingerprint density at radius 2 is 1.67 bits per heavy atom. The molecule has 3 saturated heterocycles. The Kier molecular flexibility index (Phi) is 14.4. The fourth-order valence-corrected chi connectivity index (χ4v) is 10.1. The number of nitriles is 1. The molecule has 7 rings (SSSR count). The first-order valence-electron chi connectivity index (χ1n) is 21.1. The van der Waals surface area contributed by atoms with E-state index in [1.54, 1.807) is 60.4 Å². The zero-order chi connectivity index (χ0) is 45.1. The van der Waals surface area contributed by atoms with Crippen LogP contribution in [0.3, 0.4) is 0 Å². The molecule has 4 aromatic rings. The van der Waals surface area contributed by atoms with Crippen LogP contribution in [0.4, 0.5) is 24.5 Å². The smallest absolute Gasteiger partial charge is 0.417 e. The van der Waals surface area contributed by atoms with E-state index >= 15 is 0 Å². The Morgan fingerprint density at radius 1 is 0.984 bits per heavy atom. The zero-order valence-corrected chi connectivity index (χ0v) is 37.6. The van der Waals surface area contributed by atoms with Crippen molar-refractivity contribution in [2.45, 2.75) is 77.5 Å². The van der Waals surface area contributed by atoms with Gasteiger partial charge in [0.25, 0.3) is 5.91 Å². The number of thiocarbonyl (C=S) groups is 1. The van der Waals surface area contributed by atoms with Crippen molar-refractivity contribution in [2.75, 3.05) is 62.5 Å². The normalized spacial score (nSPS) is 21.1. The molecular formula is C46H53F3N6O6S2. The van der Waals surface area contributed by atoms with Gasteiger partial charge in [0.15, 0.2) is 5.11 Å². The number of fused-ring (bicyclic) bond motifs is 1. The van der Waals surface area contributed by atoms with Crippen LogP contribution < -0.4 is 24.6 Å². The number of nitrogens with zero attached hydrogens (tertiary/aromatic N) is 5. The lowest BCUT2D eigenvalue weighted by Gasteiger charge is -2.29. The predicted octanol–water partition coefficient (Wildman–Crippen LogP) is 7.60. The Bertz CT molecular complexity index is 2300. The number of carbonyl (C=O) groups excluding carboxylic acids is 1. The number of aliphatic hydroxyl groups excluding tert-OH is 1. The second-order valence-corrected chi connectivity index (χ2v) is 18.1. The van der Waals surface area contributed by atoms with E-state index in [-0.39, 0.29) is 29.6 Å². The first kappa shape index (κ1) is 46.3. The number of aliphatic hydroxyl groups is 1. The molecule has 2 unspecified atom stereocenters. The van der Waals surface area contributed by atoms with Crippen molar-refractivity contribution >= 4 is 45.9 Å². The lowest BCUT2D eigenvalue weighted by Crippen LogP contribution is -2.44. The van der Waals surface area contributed by atoms with Gasteiger partial charge in [-0.3, -0.25) is 14.6 Å². The average molecular weight is 907 g/mol. The van der Waals surface area contributed by atoms with Crippen LogP contribution in [-0.2, 0) is 27.0 Å². The van der Waals surface area contributed by atoms with Crippen LogP contribution >= 0.6 is 23.6 Å². The molecule has 4 atom stereocenters. The number of benzene rings is 3. The molecule has 12 nitrogen and oxygen atoms in total. The summed E-state index contributed by atoms with van der Waals surface area (Å²) in [5.41, 5.74) is 2.54. The Labute approximate surface area is 375 Å². The van der Waals surface area contributed by atoms with Gasteiger partial charge in [0.05, 0.1) is 71.5 Å². The van der Waals surface area contributed by atoms with Gasteiger partial charge in [-0.1, -0.05) is 26.0 Å². The molecule has 3 aliphatic heterocycles. The first-order chi connectivity index (χ1) is 30.1. The highest BCUT2D eigenvalue weighted by Gasteiger charge is 2.51. The van der Waals surface area contributed by atoms with E-state index in [2.05, 4.69) is 47.2 Å². The fraction of sp³-hybridized carbons (Fsp3) is 0.478. The molecule has 0 saturated carbocycles. The van der Waals surface area contributed by atoms with Gasteiger partial charge in [0, 0.05) is 43.0 Å². The molecule has 1 amide bonds. The van der Waals surface area contributed by atoms with Crippen LogP contribution in [-0.4, -0.2) is 102 Å². The topological polar surface area (TPSA) is 133 Å². The van der Waals surface area contributed by atoms with Gasteiger partial charge in [-0.2, -0.15) is 18.4 Å². The molecule has 3 fully saturated rings. The first-order valence-corrected chi connectivity index (χ1v) is 22.4. The summed E-state index contributed by atoms with van der Waals surface area (Å²) in [6.07, 6.45) is -4.26. The van der Waals surface area contributed by atoms with Crippen molar-refractivity contribution in [1.82, 2.24) is 15.2 Å². The molecule has 4 heterocycles. The number of carbonyl (C=O) groups is 1. The van der Waals surface area contributed by atoms with E-state index in [1.165, 1.54) is 6.07 Å². The molecule has 0 radical (unpaired) electrons. The number of nitrogens with one attached hydrogen (secondary N) is 1. The minimum Gasteiger partial charge on any atom is -0.491 e. The van der Waals surface area contributed by atoms with Crippen LogP contribution in [0.1, 0.15) is 56.5 Å². The molecular weight excluding hydrogens is 854 g/mol. The van der Waals surface area contributed by atoms with E-state index in [0.29, 0.717) is 68.9 Å². The summed E-state index contributed by atoms with van der Waals surface area (Å²) in [6, 6.07) is 18.5. The molecule has 63 heavy (non-hydrogen) atoms. The number of ether oxygens (including phenoxy) is 4. The number of anilines is 2. The van der Waals surface area contributed by atoms with Crippen molar-refractivity contribution in [1.29, 1.82) is 5.26 Å². The monoisotopic (exact) mass is 906 g/mol. The van der Waals surface area contributed by atoms with Crippen molar-refractivity contribution in [3.63, 3.8) is 0 Å². The molecule has 3 aliphatic rings. The average Bonchev–Trinajstić information content (AvgIpc) is 3.98. The highest BCUT2D eigenvalue weighted by molar-refractivity contribution is 7.81. The fourth-order valence-electron chi connectivity index (χ4n) is 8.76. The molecule has 1 aromatic heterocycles. The van der Waals surface area contributed by atoms with Crippen molar-refractivity contribution < 1.29 is 42.0 Å². The van der Waals surface area contributed by atoms with E-state index < -0.39 is 28.7 Å². The molecule has 0 spiro atoms. The number of hydrogen-bond acceptors (Lipinski definition) is 12. The Morgan fingerprint density at radius 3 is 2.32 bits per heavy atom. The van der Waals surface area contributed by atoms with E-state index in [9.17, 15) is 28.3 Å². The zero-order valence-electron chi connectivity index (χ0n) is 36.0. The summed E-state index contributed by atoms with van der Waals surface area (Å²) >= 11 is 7.24. The third-order valence-electron chi connectivity index (χ3n) is 12.0. The number of alkyl halides is 3. The van der Waals surface area contributed by atoms with E-state index in [0.717, 1.165) is 64.0 Å². The van der Waals surface area contributed by atoms with Gasteiger partial charge < -0.3 is 34.3 Å². The number of halogens is 3. The highest BCUT2D eigenvalue weighted by Crippen LogP contribution is 2.41. The molecule has 336 valence electrons. The Hall–Kier alpha value is -4.67. The van der Waals surface area contributed by atoms with Crippen LogP contribution in [0.5, 0.6) is 11.5 Å². The van der Waals surface area contributed by atoms with Crippen LogP contribution in [0.15, 0.2) is 66.2 Å². The van der Waals surface area contributed by atoms with Crippen molar-refractivity contribution in [2.24, 2.45) is 11.8 Å². The third-order valence-corrected chi connectivity index (χ3v) is 13.4. The SMILES string of the molecule is Cc1ncsc1-c1ccc(CNC2C(C(C)C)CN3C[C@H](O)C[C@@H]23)c(OCCOCCOCCOc2ccc(N3C(=S)N(c4ccc(C#N)c(C(F)(F)F)c4)C(=O)C3(C)C)cc2)c1. The van der Waals surface area contributed by atoms with Gasteiger partial charge in [-0.25, -0.2) is 4.98 Å². The van der Waals surface area contributed by atoms with Crippen molar-refractivity contribution in [3.05, 3.63) is 88.6 Å². The van der Waals surface area contributed by atoms with Crippen LogP contribution in [0.2, 0.25) is 0 Å². The number of rotatable bonds is 18. The number of amides is 1. The summed E-state index contributed by atoms with van der Waals surface area (Å²) < 4.78 is 64.9.